The number of pyridine rings is 1. The summed E-state index contributed by atoms with van der Waals surface area (Å²) in [5.74, 6) is -0.281. The second-order valence-electron chi connectivity index (χ2n) is 4.70. The minimum absolute atomic E-state index is 0.281. The van der Waals surface area contributed by atoms with Crippen molar-refractivity contribution in [2.75, 3.05) is 5.32 Å². The summed E-state index contributed by atoms with van der Waals surface area (Å²) in [6.07, 6.45) is 1.67. The van der Waals surface area contributed by atoms with Gasteiger partial charge in [-0.3, -0.25) is 9.78 Å². The number of nitrogens with zero attached hydrogens (tertiary/aromatic N) is 1. The maximum atomic E-state index is 11.9. The highest BCUT2D eigenvalue weighted by Crippen LogP contribution is 2.26. The molecule has 0 saturated carbocycles. The molecule has 4 nitrogen and oxygen atoms in total. The van der Waals surface area contributed by atoms with E-state index >= 15 is 0 Å². The van der Waals surface area contributed by atoms with Crippen molar-refractivity contribution < 1.29 is 4.79 Å². The number of carbonyl (C=O) groups excluding carboxylic acids is 1. The van der Waals surface area contributed by atoms with E-state index in [1.54, 1.807) is 32.2 Å². The zero-order valence-corrected chi connectivity index (χ0v) is 11.0. The third kappa shape index (κ3) is 2.60. The fourth-order valence-corrected chi connectivity index (χ4v) is 1.76. The zero-order valence-electron chi connectivity index (χ0n) is 10.2. The minimum atomic E-state index is -0.955. The van der Waals surface area contributed by atoms with Crippen LogP contribution in [0.2, 0.25) is 5.02 Å². The molecule has 3 N–H and O–H groups in total. The monoisotopic (exact) mass is 263 g/mol. The van der Waals surface area contributed by atoms with Gasteiger partial charge in [-0.25, -0.2) is 0 Å². The smallest absolute Gasteiger partial charge is 0.243 e. The van der Waals surface area contributed by atoms with Gasteiger partial charge in [0.1, 0.15) is 0 Å². The lowest BCUT2D eigenvalue weighted by Gasteiger charge is -2.18. The van der Waals surface area contributed by atoms with E-state index in [1.807, 2.05) is 12.1 Å². The largest absolute Gasteiger partial charge is 0.323 e. The van der Waals surface area contributed by atoms with Gasteiger partial charge in [-0.2, -0.15) is 0 Å². The van der Waals surface area contributed by atoms with Crippen molar-refractivity contribution in [2.45, 2.75) is 19.4 Å². The third-order valence-electron chi connectivity index (χ3n) is 2.50. The van der Waals surface area contributed by atoms with Crippen molar-refractivity contribution in [3.8, 4) is 0 Å². The van der Waals surface area contributed by atoms with E-state index in [1.165, 1.54) is 0 Å². The molecule has 0 bridgehead atoms. The van der Waals surface area contributed by atoms with Crippen molar-refractivity contribution in [1.82, 2.24) is 4.98 Å². The van der Waals surface area contributed by atoms with Crippen LogP contribution in [0.5, 0.6) is 0 Å². The number of aromatic nitrogens is 1. The molecule has 1 aromatic heterocycles. The van der Waals surface area contributed by atoms with Crippen LogP contribution in [0.1, 0.15) is 13.8 Å². The SMILES string of the molecule is CC(C)(N)C(=O)Nc1cc(Cl)cc2cccnc12. The summed E-state index contributed by atoms with van der Waals surface area (Å²) < 4.78 is 0. The van der Waals surface area contributed by atoms with Gasteiger partial charge in [0.05, 0.1) is 16.7 Å². The van der Waals surface area contributed by atoms with Crippen LogP contribution in [0.4, 0.5) is 5.69 Å². The Balaban J connectivity index is 2.48. The number of hydrogen-bond acceptors (Lipinski definition) is 3. The summed E-state index contributed by atoms with van der Waals surface area (Å²) in [5.41, 5.74) is 6.05. The summed E-state index contributed by atoms with van der Waals surface area (Å²) in [7, 11) is 0. The van der Waals surface area contributed by atoms with Crippen LogP contribution in [0.3, 0.4) is 0 Å². The normalized spacial score (nSPS) is 11.6. The van der Waals surface area contributed by atoms with Gasteiger partial charge in [0.15, 0.2) is 0 Å². The lowest BCUT2D eigenvalue weighted by molar-refractivity contribution is -0.120. The van der Waals surface area contributed by atoms with Crippen molar-refractivity contribution in [3.05, 3.63) is 35.5 Å². The molecule has 2 aromatic rings. The van der Waals surface area contributed by atoms with Crippen LogP contribution in [-0.4, -0.2) is 16.4 Å². The number of nitrogens with one attached hydrogen (secondary N) is 1. The molecule has 0 unspecified atom stereocenters. The molecule has 1 aromatic carbocycles. The highest BCUT2D eigenvalue weighted by molar-refractivity contribution is 6.32. The third-order valence-corrected chi connectivity index (χ3v) is 2.72. The number of carbonyl (C=O) groups is 1. The van der Waals surface area contributed by atoms with Crippen LogP contribution in [0, 0.1) is 0 Å². The van der Waals surface area contributed by atoms with Crippen LogP contribution in [0.15, 0.2) is 30.5 Å². The van der Waals surface area contributed by atoms with Gasteiger partial charge in [-0.1, -0.05) is 17.7 Å². The molecule has 18 heavy (non-hydrogen) atoms. The van der Waals surface area contributed by atoms with E-state index in [-0.39, 0.29) is 5.91 Å². The predicted octanol–water partition coefficient (Wildman–Crippen LogP) is 2.56. The van der Waals surface area contributed by atoms with Crippen molar-refractivity contribution >= 4 is 34.1 Å². The number of benzene rings is 1. The maximum absolute atomic E-state index is 11.9. The van der Waals surface area contributed by atoms with Crippen LogP contribution in [-0.2, 0) is 4.79 Å². The Morgan fingerprint density at radius 2 is 2.17 bits per heavy atom. The van der Waals surface area contributed by atoms with Crippen molar-refractivity contribution in [1.29, 1.82) is 0 Å². The lowest BCUT2D eigenvalue weighted by Crippen LogP contribution is -2.45. The topological polar surface area (TPSA) is 68.0 Å². The first-order valence-corrected chi connectivity index (χ1v) is 5.90. The minimum Gasteiger partial charge on any atom is -0.323 e. The first kappa shape index (κ1) is 12.8. The Bertz CT molecular complexity index is 605. The molecule has 0 fully saturated rings. The Morgan fingerprint density at radius 3 is 2.83 bits per heavy atom. The Labute approximate surface area is 110 Å². The summed E-state index contributed by atoms with van der Waals surface area (Å²) in [4.78, 5) is 16.1. The van der Waals surface area contributed by atoms with E-state index in [9.17, 15) is 4.79 Å². The summed E-state index contributed by atoms with van der Waals surface area (Å²) >= 11 is 6.01. The quantitative estimate of drug-likeness (QED) is 0.875. The highest BCUT2D eigenvalue weighted by Gasteiger charge is 2.22. The molecule has 0 aliphatic heterocycles. The number of halogens is 1. The second kappa shape index (κ2) is 4.55. The first-order chi connectivity index (χ1) is 8.38. The number of nitrogens with two attached hydrogens (primary N) is 1. The van der Waals surface area contributed by atoms with Crippen molar-refractivity contribution in [3.63, 3.8) is 0 Å². The number of amides is 1. The highest BCUT2D eigenvalue weighted by atomic mass is 35.5. The molecule has 94 valence electrons. The molecular weight excluding hydrogens is 250 g/mol. The Hall–Kier alpha value is -1.65. The molecule has 5 heteroatoms. The average molecular weight is 264 g/mol. The number of hydrogen-bond donors (Lipinski definition) is 2. The van der Waals surface area contributed by atoms with Gasteiger partial charge < -0.3 is 11.1 Å². The van der Waals surface area contributed by atoms with Gasteiger partial charge in [0.25, 0.3) is 0 Å². The Kier molecular flexibility index (Phi) is 3.24. The van der Waals surface area contributed by atoms with E-state index in [0.717, 1.165) is 5.39 Å². The predicted molar refractivity (Wildman–Crippen MR) is 73.6 cm³/mol. The molecule has 1 heterocycles. The summed E-state index contributed by atoms with van der Waals surface area (Å²) in [6.45, 7) is 3.28. The van der Waals surface area contributed by atoms with Crippen LogP contribution < -0.4 is 11.1 Å². The lowest BCUT2D eigenvalue weighted by atomic mass is 10.1. The van der Waals surface area contributed by atoms with E-state index in [2.05, 4.69) is 10.3 Å². The number of anilines is 1. The standard InChI is InChI=1S/C13H14ClN3O/c1-13(2,15)12(18)17-10-7-9(14)6-8-4-3-5-16-11(8)10/h3-7H,15H2,1-2H3,(H,17,18). The fraction of sp³-hybridized carbons (Fsp3) is 0.231. The van der Waals surface area contributed by atoms with Gasteiger partial charge in [0.2, 0.25) is 5.91 Å². The molecular formula is C13H14ClN3O. The number of fused-ring (bicyclic) bond motifs is 1. The summed E-state index contributed by atoms with van der Waals surface area (Å²) in [6, 6.07) is 7.17. The summed E-state index contributed by atoms with van der Waals surface area (Å²) in [5, 5.41) is 4.17. The van der Waals surface area contributed by atoms with Crippen LogP contribution >= 0.6 is 11.6 Å². The average Bonchev–Trinajstić information content (AvgIpc) is 2.27. The van der Waals surface area contributed by atoms with E-state index in [0.29, 0.717) is 16.2 Å². The molecule has 0 atom stereocenters. The van der Waals surface area contributed by atoms with Gasteiger partial charge in [-0.15, -0.1) is 0 Å². The molecule has 0 spiro atoms. The van der Waals surface area contributed by atoms with E-state index in [4.69, 9.17) is 17.3 Å². The first-order valence-electron chi connectivity index (χ1n) is 5.52. The van der Waals surface area contributed by atoms with Gasteiger partial charge in [-0.05, 0) is 32.0 Å². The number of rotatable bonds is 2. The zero-order chi connectivity index (χ0) is 13.3. The Morgan fingerprint density at radius 1 is 1.44 bits per heavy atom. The second-order valence-corrected chi connectivity index (χ2v) is 5.14. The maximum Gasteiger partial charge on any atom is 0.243 e. The van der Waals surface area contributed by atoms with Crippen molar-refractivity contribution in [2.24, 2.45) is 5.73 Å². The van der Waals surface area contributed by atoms with Crippen LogP contribution in [0.25, 0.3) is 10.9 Å². The van der Waals surface area contributed by atoms with Gasteiger partial charge in [0, 0.05) is 16.6 Å². The molecule has 1 amide bonds. The van der Waals surface area contributed by atoms with Gasteiger partial charge >= 0.3 is 0 Å². The molecule has 0 aliphatic carbocycles. The molecule has 0 aliphatic rings. The fourth-order valence-electron chi connectivity index (χ4n) is 1.53. The molecule has 0 saturated heterocycles. The molecule has 0 radical (unpaired) electrons. The van der Waals surface area contributed by atoms with E-state index < -0.39 is 5.54 Å². The molecule has 2 rings (SSSR count).